The van der Waals surface area contributed by atoms with Crippen molar-refractivity contribution in [2.75, 3.05) is 19.8 Å². The molecule has 0 N–H and O–H groups in total. The van der Waals surface area contributed by atoms with Gasteiger partial charge < -0.3 is 23.7 Å². The third kappa shape index (κ3) is 10.1. The number of hydrogen-bond acceptors (Lipinski definition) is 10. The Morgan fingerprint density at radius 1 is 0.490 bits per heavy atom. The van der Waals surface area contributed by atoms with Crippen molar-refractivity contribution in [1.82, 2.24) is 0 Å². The minimum atomic E-state index is -0.563. The van der Waals surface area contributed by atoms with Crippen LogP contribution in [0.5, 0.6) is 23.0 Å². The van der Waals surface area contributed by atoms with Crippen LogP contribution in [0.4, 0.5) is 0 Å². The lowest BCUT2D eigenvalue weighted by molar-refractivity contribution is -0.117. The second-order valence-electron chi connectivity index (χ2n) is 11.0. The van der Waals surface area contributed by atoms with Gasteiger partial charge in [-0.25, -0.2) is 14.4 Å². The number of ether oxygens (including phenoxy) is 5. The Balaban J connectivity index is 1.07. The molecule has 10 heteroatoms. The smallest absolute Gasteiger partial charge is 0.343 e. The van der Waals surface area contributed by atoms with Crippen molar-refractivity contribution >= 4 is 40.2 Å². The van der Waals surface area contributed by atoms with E-state index in [1.165, 1.54) is 12.2 Å². The molecule has 0 amide bonds. The highest BCUT2D eigenvalue weighted by molar-refractivity contribution is 5.97. The molecule has 0 heterocycles. The number of carbonyl (C=O) groups is 5. The summed E-state index contributed by atoms with van der Waals surface area (Å²) < 4.78 is 27.1. The summed E-state index contributed by atoms with van der Waals surface area (Å²) in [4.78, 5) is 60.6. The predicted octanol–water partition coefficient (Wildman–Crippen LogP) is 6.95. The molecule has 5 aromatic carbocycles. The van der Waals surface area contributed by atoms with E-state index in [0.717, 1.165) is 16.3 Å². The van der Waals surface area contributed by atoms with Gasteiger partial charge >= 0.3 is 17.9 Å². The minimum absolute atomic E-state index is 0.134. The molecular weight excluding hydrogens is 652 g/mol. The van der Waals surface area contributed by atoms with Gasteiger partial charge in [-0.1, -0.05) is 37.4 Å². The van der Waals surface area contributed by atoms with Gasteiger partial charge in [-0.15, -0.1) is 0 Å². The molecule has 0 aliphatic heterocycles. The second-order valence-corrected chi connectivity index (χ2v) is 11.0. The number of benzene rings is 5. The highest BCUT2D eigenvalue weighted by Crippen LogP contribution is 2.24. The van der Waals surface area contributed by atoms with E-state index < -0.39 is 17.9 Å². The molecule has 0 radical (unpaired) electrons. The Bertz CT molecular complexity index is 2080. The quantitative estimate of drug-likeness (QED) is 0.0612. The van der Waals surface area contributed by atoms with E-state index >= 15 is 0 Å². The minimum Gasteiger partial charge on any atom is -0.485 e. The first-order valence-corrected chi connectivity index (χ1v) is 15.7. The summed E-state index contributed by atoms with van der Waals surface area (Å²) in [6, 6.07) is 29.5. The van der Waals surface area contributed by atoms with E-state index in [1.807, 2.05) is 0 Å². The Hall–Kier alpha value is -6.81. The van der Waals surface area contributed by atoms with Gasteiger partial charge in [0.1, 0.15) is 23.0 Å². The summed E-state index contributed by atoms with van der Waals surface area (Å²) in [5.41, 5.74) is 1.87. The summed E-state index contributed by atoms with van der Waals surface area (Å²) in [6.07, 6.45) is 2.80. The number of esters is 3. The van der Waals surface area contributed by atoms with Crippen LogP contribution in [0, 0.1) is 0 Å². The van der Waals surface area contributed by atoms with Crippen LogP contribution < -0.4 is 18.9 Å². The predicted molar refractivity (Wildman–Crippen MR) is 189 cm³/mol. The van der Waals surface area contributed by atoms with Gasteiger partial charge in [0.05, 0.1) is 23.3 Å². The summed E-state index contributed by atoms with van der Waals surface area (Å²) >= 11 is 0. The average Bonchev–Trinajstić information content (AvgIpc) is 3.16. The number of ketones is 2. The molecule has 51 heavy (non-hydrogen) atoms. The van der Waals surface area contributed by atoms with Crippen molar-refractivity contribution in [3.63, 3.8) is 0 Å². The Labute approximate surface area is 293 Å². The van der Waals surface area contributed by atoms with E-state index in [2.05, 4.69) is 13.2 Å². The maximum Gasteiger partial charge on any atom is 0.343 e. The van der Waals surface area contributed by atoms with Gasteiger partial charge in [-0.05, 0) is 113 Å². The summed E-state index contributed by atoms with van der Waals surface area (Å²) in [7, 11) is 0. The molecule has 256 valence electrons. The van der Waals surface area contributed by atoms with Crippen LogP contribution in [0.2, 0.25) is 0 Å². The third-order valence-corrected chi connectivity index (χ3v) is 7.41. The summed E-state index contributed by atoms with van der Waals surface area (Å²) in [5, 5.41) is 1.52. The van der Waals surface area contributed by atoms with Crippen LogP contribution in [0.25, 0.3) is 10.8 Å². The Morgan fingerprint density at radius 3 is 1.49 bits per heavy atom. The standard InChI is InChI=1S/C41H32O10/c1-3-33(42)25-48-35-16-9-28(10-17-35)40(45)50-37-14-5-27(6-15-37)21-22-47-39(44)32-8-7-31-24-38(20-13-30(31)23-32)51-41(46)29-11-18-36(19-12-29)49-26-34(43)4-2/h3-20,23-24H,1-2,21-22,25-26H2. The van der Waals surface area contributed by atoms with Crippen LogP contribution in [0.3, 0.4) is 0 Å². The van der Waals surface area contributed by atoms with Crippen LogP contribution in [-0.2, 0) is 20.7 Å². The first kappa shape index (κ1) is 35.5. The van der Waals surface area contributed by atoms with Crippen molar-refractivity contribution in [3.05, 3.63) is 157 Å². The van der Waals surface area contributed by atoms with Crippen molar-refractivity contribution in [2.24, 2.45) is 0 Å². The fourth-order valence-corrected chi connectivity index (χ4v) is 4.62. The van der Waals surface area contributed by atoms with Crippen LogP contribution in [-0.4, -0.2) is 49.3 Å². The molecule has 0 atom stereocenters. The third-order valence-electron chi connectivity index (χ3n) is 7.41. The number of carbonyl (C=O) groups excluding carboxylic acids is 5. The molecular formula is C41H32O10. The molecule has 0 aromatic heterocycles. The zero-order chi connectivity index (χ0) is 36.2. The maximum absolute atomic E-state index is 12.8. The molecule has 0 saturated heterocycles. The molecule has 0 unspecified atom stereocenters. The zero-order valence-corrected chi connectivity index (χ0v) is 27.4. The van der Waals surface area contributed by atoms with Gasteiger partial charge in [0.15, 0.2) is 24.8 Å². The van der Waals surface area contributed by atoms with E-state index in [4.69, 9.17) is 23.7 Å². The van der Waals surface area contributed by atoms with Gasteiger partial charge in [0.2, 0.25) is 0 Å². The highest BCUT2D eigenvalue weighted by atomic mass is 16.5. The monoisotopic (exact) mass is 684 g/mol. The zero-order valence-electron chi connectivity index (χ0n) is 27.4. The number of fused-ring (bicyclic) bond motifs is 1. The van der Waals surface area contributed by atoms with E-state index in [1.54, 1.807) is 109 Å². The highest BCUT2D eigenvalue weighted by Gasteiger charge is 2.13. The molecule has 0 fully saturated rings. The van der Waals surface area contributed by atoms with E-state index in [0.29, 0.717) is 46.1 Å². The Kier molecular flexibility index (Phi) is 11.9. The molecule has 5 rings (SSSR count). The molecule has 0 spiro atoms. The SMILES string of the molecule is C=CC(=O)COc1ccc(C(=O)Oc2ccc(CCOC(=O)c3ccc4cc(OC(=O)c5ccc(OCC(=O)C=C)cc5)ccc4c3)cc2)cc1. The largest absolute Gasteiger partial charge is 0.485 e. The topological polar surface area (TPSA) is 132 Å². The molecule has 0 bridgehead atoms. The average molecular weight is 685 g/mol. The molecule has 0 aliphatic carbocycles. The van der Waals surface area contributed by atoms with E-state index in [-0.39, 0.29) is 31.4 Å². The second kappa shape index (κ2) is 17.0. The molecule has 10 nitrogen and oxygen atoms in total. The first-order valence-electron chi connectivity index (χ1n) is 15.7. The first-order chi connectivity index (χ1) is 24.7. The lowest BCUT2D eigenvalue weighted by Crippen LogP contribution is -2.10. The molecule has 5 aromatic rings. The van der Waals surface area contributed by atoms with Crippen molar-refractivity contribution in [1.29, 1.82) is 0 Å². The van der Waals surface area contributed by atoms with Crippen molar-refractivity contribution in [2.45, 2.75) is 6.42 Å². The van der Waals surface area contributed by atoms with Gasteiger partial charge in [0.25, 0.3) is 0 Å². The van der Waals surface area contributed by atoms with Gasteiger partial charge in [0, 0.05) is 6.42 Å². The van der Waals surface area contributed by atoms with Gasteiger partial charge in [-0.3, -0.25) is 9.59 Å². The normalized spacial score (nSPS) is 10.4. The summed E-state index contributed by atoms with van der Waals surface area (Å²) in [6.45, 7) is 6.65. The number of hydrogen-bond donors (Lipinski definition) is 0. The maximum atomic E-state index is 12.8. The van der Waals surface area contributed by atoms with Gasteiger partial charge in [-0.2, -0.15) is 0 Å². The van der Waals surface area contributed by atoms with Crippen LogP contribution >= 0.6 is 0 Å². The lowest BCUT2D eigenvalue weighted by atomic mass is 10.1. The fourth-order valence-electron chi connectivity index (χ4n) is 4.62. The lowest BCUT2D eigenvalue weighted by Gasteiger charge is -2.09. The molecule has 0 aliphatic rings. The van der Waals surface area contributed by atoms with E-state index in [9.17, 15) is 24.0 Å². The van der Waals surface area contributed by atoms with Crippen molar-refractivity contribution < 1.29 is 47.7 Å². The van der Waals surface area contributed by atoms with Crippen molar-refractivity contribution in [3.8, 4) is 23.0 Å². The summed E-state index contributed by atoms with van der Waals surface area (Å²) in [5.74, 6) is -0.543. The molecule has 0 saturated carbocycles. The van der Waals surface area contributed by atoms with Crippen LogP contribution in [0.1, 0.15) is 36.6 Å². The van der Waals surface area contributed by atoms with Crippen LogP contribution in [0.15, 0.2) is 135 Å². The fraction of sp³-hybridized carbons (Fsp3) is 0.0976. The Morgan fingerprint density at radius 2 is 0.941 bits per heavy atom. The number of rotatable bonds is 16.